The minimum atomic E-state index is -0.500. The second kappa shape index (κ2) is 6.24. The van der Waals surface area contributed by atoms with Crippen LogP contribution in [0.3, 0.4) is 0 Å². The van der Waals surface area contributed by atoms with Gasteiger partial charge in [-0.25, -0.2) is 4.98 Å². The van der Waals surface area contributed by atoms with Gasteiger partial charge in [-0.15, -0.1) is 0 Å². The van der Waals surface area contributed by atoms with Crippen LogP contribution in [0.15, 0.2) is 12.5 Å². The second-order valence-electron chi connectivity index (χ2n) is 3.67. The first-order valence-electron chi connectivity index (χ1n) is 5.17. The van der Waals surface area contributed by atoms with Crippen LogP contribution in [0.1, 0.15) is 17.4 Å². The molecule has 6 heteroatoms. The number of hydrogen-bond acceptors (Lipinski definition) is 4. The predicted octanol–water partition coefficient (Wildman–Crippen LogP) is -0.393. The fourth-order valence-corrected chi connectivity index (χ4v) is 1.36. The van der Waals surface area contributed by atoms with Gasteiger partial charge in [-0.3, -0.25) is 4.79 Å². The van der Waals surface area contributed by atoms with Crippen LogP contribution in [-0.4, -0.2) is 41.8 Å². The van der Waals surface area contributed by atoms with E-state index in [-0.39, 0.29) is 0 Å². The first-order valence-corrected chi connectivity index (χ1v) is 5.17. The number of aromatic nitrogens is 2. The first kappa shape index (κ1) is 12.7. The van der Waals surface area contributed by atoms with E-state index >= 15 is 0 Å². The Labute approximate surface area is 94.8 Å². The van der Waals surface area contributed by atoms with Gasteiger partial charge in [0.1, 0.15) is 5.69 Å². The summed E-state index contributed by atoms with van der Waals surface area (Å²) in [7, 11) is 1.67. The lowest BCUT2D eigenvalue weighted by atomic mass is 10.3. The third-order valence-corrected chi connectivity index (χ3v) is 2.17. The number of ether oxygens (including phenoxy) is 1. The number of carbonyl (C=O) groups excluding carboxylic acids is 1. The zero-order valence-electron chi connectivity index (χ0n) is 9.64. The van der Waals surface area contributed by atoms with Crippen molar-refractivity contribution >= 4 is 5.91 Å². The third-order valence-electron chi connectivity index (χ3n) is 2.17. The van der Waals surface area contributed by atoms with Crippen LogP contribution in [-0.2, 0) is 11.3 Å². The fourth-order valence-electron chi connectivity index (χ4n) is 1.36. The van der Waals surface area contributed by atoms with Crippen LogP contribution in [0.5, 0.6) is 0 Å². The smallest absolute Gasteiger partial charge is 0.268 e. The standard InChI is InChI=1S/C10H18N4O2/c1-8(6-16-2)12-3-4-14-5-9(10(11)15)13-7-14/h5,7-8,12H,3-4,6H2,1-2H3,(H2,11,15). The highest BCUT2D eigenvalue weighted by atomic mass is 16.5. The summed E-state index contributed by atoms with van der Waals surface area (Å²) >= 11 is 0. The van der Waals surface area contributed by atoms with Gasteiger partial charge in [-0.2, -0.15) is 0 Å². The van der Waals surface area contributed by atoms with E-state index < -0.39 is 5.91 Å². The van der Waals surface area contributed by atoms with E-state index in [1.807, 2.05) is 11.5 Å². The molecule has 0 saturated carbocycles. The third kappa shape index (κ3) is 4.00. The van der Waals surface area contributed by atoms with Crippen LogP contribution >= 0.6 is 0 Å². The molecular formula is C10H18N4O2. The molecule has 3 N–H and O–H groups in total. The number of imidazole rings is 1. The van der Waals surface area contributed by atoms with Crippen LogP contribution in [0.4, 0.5) is 0 Å². The lowest BCUT2D eigenvalue weighted by Gasteiger charge is -2.12. The van der Waals surface area contributed by atoms with Crippen LogP contribution in [0, 0.1) is 0 Å². The molecule has 0 fully saturated rings. The molecule has 0 aliphatic carbocycles. The van der Waals surface area contributed by atoms with E-state index in [2.05, 4.69) is 10.3 Å². The van der Waals surface area contributed by atoms with Gasteiger partial charge in [-0.1, -0.05) is 0 Å². The summed E-state index contributed by atoms with van der Waals surface area (Å²) in [6.45, 7) is 4.26. The van der Waals surface area contributed by atoms with Gasteiger partial charge in [0, 0.05) is 32.4 Å². The Hall–Kier alpha value is -1.40. The number of methoxy groups -OCH3 is 1. The molecule has 0 radical (unpaired) electrons. The van der Waals surface area contributed by atoms with Crippen LogP contribution in [0.2, 0.25) is 0 Å². The number of hydrogen-bond donors (Lipinski definition) is 2. The fraction of sp³-hybridized carbons (Fsp3) is 0.600. The Morgan fingerprint density at radius 2 is 2.50 bits per heavy atom. The molecule has 1 aromatic rings. The van der Waals surface area contributed by atoms with Gasteiger partial charge in [0.15, 0.2) is 0 Å². The largest absolute Gasteiger partial charge is 0.383 e. The van der Waals surface area contributed by atoms with Crippen molar-refractivity contribution in [1.29, 1.82) is 0 Å². The quantitative estimate of drug-likeness (QED) is 0.663. The summed E-state index contributed by atoms with van der Waals surface area (Å²) in [5.74, 6) is -0.500. The molecule has 0 aromatic carbocycles. The molecule has 0 aliphatic heterocycles. The zero-order valence-corrected chi connectivity index (χ0v) is 9.64. The molecule has 90 valence electrons. The molecule has 1 rings (SSSR count). The maximum Gasteiger partial charge on any atom is 0.268 e. The maximum atomic E-state index is 10.8. The van der Waals surface area contributed by atoms with Crippen LogP contribution in [0.25, 0.3) is 0 Å². The number of carbonyl (C=O) groups is 1. The number of nitrogens with zero attached hydrogens (tertiary/aromatic N) is 2. The van der Waals surface area contributed by atoms with E-state index in [0.29, 0.717) is 18.3 Å². The van der Waals surface area contributed by atoms with Crippen molar-refractivity contribution in [3.63, 3.8) is 0 Å². The Bertz CT molecular complexity index is 337. The Kier molecular flexibility index (Phi) is 4.94. The van der Waals surface area contributed by atoms with E-state index in [1.165, 1.54) is 0 Å². The molecule has 0 spiro atoms. The molecule has 0 saturated heterocycles. The Morgan fingerprint density at radius 3 is 3.06 bits per heavy atom. The maximum absolute atomic E-state index is 10.8. The van der Waals surface area contributed by atoms with Crippen molar-refractivity contribution in [2.24, 2.45) is 5.73 Å². The topological polar surface area (TPSA) is 82.2 Å². The van der Waals surface area contributed by atoms with Crippen molar-refractivity contribution in [2.75, 3.05) is 20.3 Å². The van der Waals surface area contributed by atoms with Crippen molar-refractivity contribution < 1.29 is 9.53 Å². The minimum Gasteiger partial charge on any atom is -0.383 e. The summed E-state index contributed by atoms with van der Waals surface area (Å²) < 4.78 is 6.83. The lowest BCUT2D eigenvalue weighted by molar-refractivity contribution is 0.0996. The SMILES string of the molecule is COCC(C)NCCn1cnc(C(N)=O)c1. The van der Waals surface area contributed by atoms with Crippen molar-refractivity contribution in [2.45, 2.75) is 19.5 Å². The minimum absolute atomic E-state index is 0.296. The van der Waals surface area contributed by atoms with Crippen molar-refractivity contribution in [3.8, 4) is 0 Å². The Balaban J connectivity index is 2.29. The lowest BCUT2D eigenvalue weighted by Crippen LogP contribution is -2.32. The average Bonchev–Trinajstić information content (AvgIpc) is 2.67. The highest BCUT2D eigenvalue weighted by Crippen LogP contribution is 1.94. The Morgan fingerprint density at radius 1 is 1.75 bits per heavy atom. The van der Waals surface area contributed by atoms with Gasteiger partial charge < -0.3 is 20.4 Å². The summed E-state index contributed by atoms with van der Waals surface area (Å²) in [5.41, 5.74) is 5.39. The number of amides is 1. The molecule has 0 aliphatic rings. The van der Waals surface area contributed by atoms with E-state index in [9.17, 15) is 4.79 Å². The van der Waals surface area contributed by atoms with Gasteiger partial charge in [-0.05, 0) is 6.92 Å². The highest BCUT2D eigenvalue weighted by molar-refractivity contribution is 5.90. The molecule has 1 amide bonds. The number of rotatable bonds is 7. The molecule has 1 atom stereocenters. The summed E-state index contributed by atoms with van der Waals surface area (Å²) in [6.07, 6.45) is 3.24. The van der Waals surface area contributed by atoms with Crippen molar-refractivity contribution in [3.05, 3.63) is 18.2 Å². The first-order chi connectivity index (χ1) is 7.63. The summed E-state index contributed by atoms with van der Waals surface area (Å²) in [5, 5.41) is 3.28. The van der Waals surface area contributed by atoms with Crippen molar-refractivity contribution in [1.82, 2.24) is 14.9 Å². The number of nitrogens with one attached hydrogen (secondary N) is 1. The van der Waals surface area contributed by atoms with Gasteiger partial charge in [0.25, 0.3) is 5.91 Å². The number of primary amides is 1. The normalized spacial score (nSPS) is 12.6. The van der Waals surface area contributed by atoms with Gasteiger partial charge in [0.2, 0.25) is 0 Å². The molecular weight excluding hydrogens is 208 g/mol. The number of nitrogens with two attached hydrogens (primary N) is 1. The molecule has 1 heterocycles. The molecule has 16 heavy (non-hydrogen) atoms. The predicted molar refractivity (Wildman–Crippen MR) is 60.1 cm³/mol. The monoisotopic (exact) mass is 226 g/mol. The summed E-state index contributed by atoms with van der Waals surface area (Å²) in [4.78, 5) is 14.7. The average molecular weight is 226 g/mol. The van der Waals surface area contributed by atoms with Gasteiger partial charge in [0.05, 0.1) is 12.9 Å². The van der Waals surface area contributed by atoms with E-state index in [4.69, 9.17) is 10.5 Å². The zero-order chi connectivity index (χ0) is 12.0. The van der Waals surface area contributed by atoms with Gasteiger partial charge >= 0.3 is 0 Å². The molecule has 1 unspecified atom stereocenters. The van der Waals surface area contributed by atoms with E-state index in [1.54, 1.807) is 19.6 Å². The second-order valence-corrected chi connectivity index (χ2v) is 3.67. The summed E-state index contributed by atoms with van der Waals surface area (Å²) in [6, 6.07) is 0.309. The van der Waals surface area contributed by atoms with Crippen LogP contribution < -0.4 is 11.1 Å². The van der Waals surface area contributed by atoms with E-state index in [0.717, 1.165) is 13.1 Å². The highest BCUT2D eigenvalue weighted by Gasteiger charge is 2.04. The molecule has 0 bridgehead atoms. The molecule has 6 nitrogen and oxygen atoms in total. The molecule has 1 aromatic heterocycles.